The minimum atomic E-state index is -1.53. The number of nitrogens with one attached hydrogen (secondary N) is 1. The van der Waals surface area contributed by atoms with E-state index in [1.165, 1.54) is 6.92 Å². The molecule has 0 amide bonds. The predicted octanol–water partition coefficient (Wildman–Crippen LogP) is 0.290. The second-order valence-electron chi connectivity index (χ2n) is 2.59. The number of carbonyl (C=O) groups is 1. The molecule has 0 aliphatic carbocycles. The van der Waals surface area contributed by atoms with Gasteiger partial charge < -0.3 is 10.1 Å². The SMILES string of the molecule is Cc1c[nH]c(C(=O)O)c([N+](=O)[O-])c1=O. The van der Waals surface area contributed by atoms with E-state index in [1.54, 1.807) is 0 Å². The van der Waals surface area contributed by atoms with Gasteiger partial charge in [0.05, 0.1) is 4.92 Å². The van der Waals surface area contributed by atoms with Gasteiger partial charge in [0, 0.05) is 11.8 Å². The molecule has 0 saturated heterocycles. The van der Waals surface area contributed by atoms with E-state index >= 15 is 0 Å². The normalized spacial score (nSPS) is 9.79. The molecule has 0 radical (unpaired) electrons. The minimum Gasteiger partial charge on any atom is -0.476 e. The number of carboxylic acids is 1. The molecule has 1 aromatic heterocycles. The van der Waals surface area contributed by atoms with Crippen LogP contribution in [0.15, 0.2) is 11.0 Å². The lowest BCUT2D eigenvalue weighted by Crippen LogP contribution is -2.17. The first-order chi connectivity index (χ1) is 6.45. The van der Waals surface area contributed by atoms with E-state index < -0.39 is 27.7 Å². The Bertz CT molecular complexity index is 462. The van der Waals surface area contributed by atoms with Crippen molar-refractivity contribution in [1.29, 1.82) is 0 Å². The van der Waals surface area contributed by atoms with Crippen LogP contribution in [0.2, 0.25) is 0 Å². The summed E-state index contributed by atoms with van der Waals surface area (Å²) in [5.41, 5.74) is -2.42. The number of hydrogen-bond acceptors (Lipinski definition) is 4. The molecule has 0 aliphatic heterocycles. The molecular weight excluding hydrogens is 192 g/mol. The summed E-state index contributed by atoms with van der Waals surface area (Å²) in [6, 6.07) is 0. The molecule has 7 nitrogen and oxygen atoms in total. The maximum absolute atomic E-state index is 11.2. The topological polar surface area (TPSA) is 113 Å². The van der Waals surface area contributed by atoms with Gasteiger partial charge in [-0.3, -0.25) is 14.9 Å². The van der Waals surface area contributed by atoms with Crippen molar-refractivity contribution < 1.29 is 14.8 Å². The van der Waals surface area contributed by atoms with E-state index in [-0.39, 0.29) is 5.56 Å². The predicted molar refractivity (Wildman–Crippen MR) is 45.4 cm³/mol. The third kappa shape index (κ3) is 1.47. The zero-order valence-electron chi connectivity index (χ0n) is 7.10. The van der Waals surface area contributed by atoms with Gasteiger partial charge in [0.1, 0.15) is 0 Å². The fourth-order valence-electron chi connectivity index (χ4n) is 0.952. The summed E-state index contributed by atoms with van der Waals surface area (Å²) < 4.78 is 0. The molecule has 7 heteroatoms. The fraction of sp³-hybridized carbons (Fsp3) is 0.143. The van der Waals surface area contributed by atoms with Crippen LogP contribution in [0.25, 0.3) is 0 Å². The van der Waals surface area contributed by atoms with Crippen molar-refractivity contribution >= 4 is 11.7 Å². The molecule has 2 N–H and O–H groups in total. The van der Waals surface area contributed by atoms with Crippen molar-refractivity contribution in [2.75, 3.05) is 0 Å². The molecule has 0 atom stereocenters. The van der Waals surface area contributed by atoms with Crippen LogP contribution >= 0.6 is 0 Å². The average Bonchev–Trinajstić information content (AvgIpc) is 2.08. The van der Waals surface area contributed by atoms with Crippen molar-refractivity contribution in [1.82, 2.24) is 4.98 Å². The molecular formula is C7H6N2O5. The zero-order valence-corrected chi connectivity index (χ0v) is 7.10. The number of nitro groups is 1. The number of nitrogens with zero attached hydrogens (tertiary/aromatic N) is 1. The average molecular weight is 198 g/mol. The highest BCUT2D eigenvalue weighted by molar-refractivity contribution is 5.89. The number of aromatic nitrogens is 1. The first-order valence-electron chi connectivity index (χ1n) is 3.55. The quantitative estimate of drug-likeness (QED) is 0.523. The van der Waals surface area contributed by atoms with E-state index in [0.29, 0.717) is 0 Å². The van der Waals surface area contributed by atoms with Crippen LogP contribution in [-0.4, -0.2) is 21.0 Å². The van der Waals surface area contributed by atoms with E-state index in [2.05, 4.69) is 4.98 Å². The van der Waals surface area contributed by atoms with Crippen molar-refractivity contribution in [2.24, 2.45) is 0 Å². The van der Waals surface area contributed by atoms with Gasteiger partial charge >= 0.3 is 11.7 Å². The summed E-state index contributed by atoms with van der Waals surface area (Å²) in [5.74, 6) is -1.53. The molecule has 0 spiro atoms. The molecule has 0 fully saturated rings. The van der Waals surface area contributed by atoms with Crippen LogP contribution in [0.3, 0.4) is 0 Å². The molecule has 0 aliphatic rings. The largest absolute Gasteiger partial charge is 0.476 e. The molecule has 1 aromatic rings. The molecule has 0 aromatic carbocycles. The molecule has 0 unspecified atom stereocenters. The highest BCUT2D eigenvalue weighted by Gasteiger charge is 2.25. The second kappa shape index (κ2) is 3.29. The highest BCUT2D eigenvalue weighted by atomic mass is 16.6. The van der Waals surface area contributed by atoms with Gasteiger partial charge in [-0.15, -0.1) is 0 Å². The Morgan fingerprint density at radius 1 is 1.64 bits per heavy atom. The van der Waals surface area contributed by atoms with Gasteiger partial charge in [0.15, 0.2) is 0 Å². The standard InChI is InChI=1S/C7H6N2O5/c1-3-2-8-4(7(11)12)5(6(3)10)9(13)14/h2H,1H3,(H,8,10)(H,11,12). The van der Waals surface area contributed by atoms with Gasteiger partial charge in [-0.25, -0.2) is 4.79 Å². The van der Waals surface area contributed by atoms with E-state index in [0.717, 1.165) is 6.20 Å². The number of H-pyrrole nitrogens is 1. The van der Waals surface area contributed by atoms with E-state index in [1.807, 2.05) is 0 Å². The van der Waals surface area contributed by atoms with Crippen LogP contribution in [0.1, 0.15) is 16.1 Å². The van der Waals surface area contributed by atoms with E-state index in [4.69, 9.17) is 5.11 Å². The van der Waals surface area contributed by atoms with Crippen molar-refractivity contribution in [2.45, 2.75) is 6.92 Å². The summed E-state index contributed by atoms with van der Waals surface area (Å²) >= 11 is 0. The number of rotatable bonds is 2. The number of carboxylic acid groups (broad SMARTS) is 1. The van der Waals surface area contributed by atoms with E-state index in [9.17, 15) is 19.7 Å². The van der Waals surface area contributed by atoms with Gasteiger partial charge in [-0.1, -0.05) is 0 Å². The Morgan fingerprint density at radius 3 is 2.64 bits per heavy atom. The Balaban J connectivity index is 3.62. The van der Waals surface area contributed by atoms with Crippen molar-refractivity contribution in [3.8, 4) is 0 Å². The highest BCUT2D eigenvalue weighted by Crippen LogP contribution is 2.10. The number of aromatic amines is 1. The molecule has 0 bridgehead atoms. The molecule has 74 valence electrons. The third-order valence-electron chi connectivity index (χ3n) is 1.64. The van der Waals surface area contributed by atoms with Crippen molar-refractivity contribution in [3.63, 3.8) is 0 Å². The fourth-order valence-corrected chi connectivity index (χ4v) is 0.952. The Labute approximate surface area is 77.2 Å². The first-order valence-corrected chi connectivity index (χ1v) is 3.55. The Morgan fingerprint density at radius 2 is 2.21 bits per heavy atom. The van der Waals surface area contributed by atoms with Gasteiger partial charge in [0.2, 0.25) is 5.69 Å². The first kappa shape index (κ1) is 9.90. The van der Waals surface area contributed by atoms with Crippen LogP contribution in [-0.2, 0) is 0 Å². The number of pyridine rings is 1. The van der Waals surface area contributed by atoms with Crippen LogP contribution < -0.4 is 5.43 Å². The van der Waals surface area contributed by atoms with Crippen molar-refractivity contribution in [3.05, 3.63) is 37.8 Å². The van der Waals surface area contributed by atoms with Crippen LogP contribution in [0.5, 0.6) is 0 Å². The van der Waals surface area contributed by atoms with Crippen LogP contribution in [0, 0.1) is 17.0 Å². The van der Waals surface area contributed by atoms with Gasteiger partial charge in [-0.05, 0) is 6.92 Å². The lowest BCUT2D eigenvalue weighted by molar-refractivity contribution is -0.386. The second-order valence-corrected chi connectivity index (χ2v) is 2.59. The number of aryl methyl sites for hydroxylation is 1. The summed E-state index contributed by atoms with van der Waals surface area (Å²) in [7, 11) is 0. The number of aromatic carboxylic acids is 1. The van der Waals surface area contributed by atoms with Crippen LogP contribution in [0.4, 0.5) is 5.69 Å². The summed E-state index contributed by atoms with van der Waals surface area (Å²) in [4.78, 5) is 33.3. The Hall–Kier alpha value is -2.18. The summed E-state index contributed by atoms with van der Waals surface area (Å²) in [6.07, 6.45) is 1.12. The summed E-state index contributed by atoms with van der Waals surface area (Å²) in [6.45, 7) is 1.36. The third-order valence-corrected chi connectivity index (χ3v) is 1.64. The maximum Gasteiger partial charge on any atom is 0.359 e. The smallest absolute Gasteiger partial charge is 0.359 e. The summed E-state index contributed by atoms with van der Waals surface area (Å²) in [5, 5.41) is 19.0. The van der Waals surface area contributed by atoms with Gasteiger partial charge in [-0.2, -0.15) is 0 Å². The molecule has 14 heavy (non-hydrogen) atoms. The molecule has 0 saturated carbocycles. The minimum absolute atomic E-state index is 0.0988. The lowest BCUT2D eigenvalue weighted by atomic mass is 10.2. The monoisotopic (exact) mass is 198 g/mol. The molecule has 1 rings (SSSR count). The lowest BCUT2D eigenvalue weighted by Gasteiger charge is -1.97. The van der Waals surface area contributed by atoms with Gasteiger partial charge in [0.25, 0.3) is 5.43 Å². The maximum atomic E-state index is 11.2. The number of hydrogen-bond donors (Lipinski definition) is 2. The zero-order chi connectivity index (χ0) is 10.9. The Kier molecular flexibility index (Phi) is 2.32. The molecule has 1 heterocycles.